The minimum absolute atomic E-state index is 0.773. The lowest BCUT2D eigenvalue weighted by molar-refractivity contribution is -0.147. The van der Waals surface area contributed by atoms with Gasteiger partial charge in [0.25, 0.3) is 0 Å². The highest BCUT2D eigenvalue weighted by Gasteiger charge is 2.29. The largest absolute Gasteiger partial charge is 0.526 e. The van der Waals surface area contributed by atoms with Crippen LogP contribution >= 0.6 is 7.82 Å². The van der Waals surface area contributed by atoms with Crippen LogP contribution in [0.1, 0.15) is 12.8 Å². The number of aliphatic carboxylic acids is 2. The van der Waals surface area contributed by atoms with Gasteiger partial charge < -0.3 is 25.8 Å². The second kappa shape index (κ2) is 7.69. The van der Waals surface area contributed by atoms with Gasteiger partial charge in [-0.15, -0.1) is 0 Å². The summed E-state index contributed by atoms with van der Waals surface area (Å²) < 4.78 is 14.0. The van der Waals surface area contributed by atoms with E-state index in [0.717, 1.165) is 0 Å². The molecule has 13 heteroatoms. The number of phosphoric acid groups is 1. The summed E-state index contributed by atoms with van der Waals surface area (Å²) in [4.78, 5) is 60.3. The van der Waals surface area contributed by atoms with Gasteiger partial charge in [0.1, 0.15) is 6.04 Å². The number of amides is 1. The summed E-state index contributed by atoms with van der Waals surface area (Å²) in [5.41, 5.74) is 5.17. The third-order valence-electron chi connectivity index (χ3n) is 1.94. The SMILES string of the molecule is N[C@@H](CC(=O)O)C(=O)N[C@@H](CC(=O)OP(=O)(O)O)C(=O)O. The number of rotatable bonds is 8. The number of carbonyl (C=O) groups excluding carboxylic acids is 2. The van der Waals surface area contributed by atoms with Gasteiger partial charge in [-0.1, -0.05) is 0 Å². The van der Waals surface area contributed by atoms with Gasteiger partial charge in [0.2, 0.25) is 5.91 Å². The summed E-state index contributed by atoms with van der Waals surface area (Å²) in [5.74, 6) is -5.82. The topological polar surface area (TPSA) is 214 Å². The van der Waals surface area contributed by atoms with E-state index >= 15 is 0 Å². The van der Waals surface area contributed by atoms with Crippen molar-refractivity contribution in [2.24, 2.45) is 5.73 Å². The van der Waals surface area contributed by atoms with Crippen molar-refractivity contribution in [2.75, 3.05) is 0 Å². The van der Waals surface area contributed by atoms with Crippen LogP contribution in [0.3, 0.4) is 0 Å². The quantitative estimate of drug-likeness (QED) is 0.254. The number of nitrogens with two attached hydrogens (primary N) is 1. The Morgan fingerprint density at radius 3 is 2.05 bits per heavy atom. The number of hydrogen-bond acceptors (Lipinski definition) is 7. The zero-order valence-corrected chi connectivity index (χ0v) is 11.2. The van der Waals surface area contributed by atoms with E-state index in [9.17, 15) is 23.7 Å². The third kappa shape index (κ3) is 8.70. The number of carboxylic acid groups (broad SMARTS) is 2. The molecule has 120 valence electrons. The Morgan fingerprint density at radius 2 is 1.67 bits per heavy atom. The molecule has 21 heavy (non-hydrogen) atoms. The Balaban J connectivity index is 4.67. The number of carbonyl (C=O) groups is 4. The molecule has 0 rings (SSSR count). The summed E-state index contributed by atoms with van der Waals surface area (Å²) in [5, 5.41) is 18.9. The second-order valence-electron chi connectivity index (χ2n) is 3.76. The molecule has 1 amide bonds. The van der Waals surface area contributed by atoms with Crippen LogP contribution in [0, 0.1) is 0 Å². The standard InChI is InChI=1S/C8H13N2O10P/c9-3(1-5(11)12)7(14)10-4(8(15)16)2-6(13)20-21(17,18)19/h3-4H,1-2,9H2,(H,10,14)(H,11,12)(H,15,16)(H2,17,18,19)/t3-,4-/m0/s1. The molecule has 0 aliphatic heterocycles. The molecular formula is C8H13N2O10P. The van der Waals surface area contributed by atoms with Gasteiger partial charge in [-0.2, -0.15) is 0 Å². The molecule has 0 fully saturated rings. The number of hydrogen-bond donors (Lipinski definition) is 6. The zero-order chi connectivity index (χ0) is 16.8. The first kappa shape index (κ1) is 19.0. The fourth-order valence-electron chi connectivity index (χ4n) is 1.10. The van der Waals surface area contributed by atoms with Gasteiger partial charge in [0, 0.05) is 0 Å². The number of nitrogens with one attached hydrogen (secondary N) is 1. The molecule has 2 atom stereocenters. The molecule has 0 aromatic carbocycles. The van der Waals surface area contributed by atoms with Crippen molar-refractivity contribution in [1.82, 2.24) is 5.32 Å². The van der Waals surface area contributed by atoms with E-state index in [1.165, 1.54) is 0 Å². The van der Waals surface area contributed by atoms with E-state index in [2.05, 4.69) is 4.52 Å². The monoisotopic (exact) mass is 328 g/mol. The van der Waals surface area contributed by atoms with E-state index in [4.69, 9.17) is 25.7 Å². The molecule has 0 bridgehead atoms. The summed E-state index contributed by atoms with van der Waals surface area (Å²) in [7, 11) is -5.14. The Kier molecular flexibility index (Phi) is 6.95. The fourth-order valence-corrected chi connectivity index (χ4v) is 1.44. The summed E-state index contributed by atoms with van der Waals surface area (Å²) in [6.45, 7) is 0. The Morgan fingerprint density at radius 1 is 1.14 bits per heavy atom. The first-order valence-corrected chi connectivity index (χ1v) is 6.74. The van der Waals surface area contributed by atoms with Gasteiger partial charge >= 0.3 is 25.7 Å². The molecule has 0 aromatic rings. The first-order valence-electron chi connectivity index (χ1n) is 5.21. The van der Waals surface area contributed by atoms with E-state index in [-0.39, 0.29) is 0 Å². The second-order valence-corrected chi connectivity index (χ2v) is 4.93. The summed E-state index contributed by atoms with van der Waals surface area (Å²) in [6.07, 6.45) is -1.85. The van der Waals surface area contributed by atoms with Crippen LogP contribution in [-0.2, 0) is 28.3 Å². The van der Waals surface area contributed by atoms with E-state index in [1.54, 1.807) is 5.32 Å². The van der Waals surface area contributed by atoms with Crippen molar-refractivity contribution in [3.8, 4) is 0 Å². The molecule has 0 spiro atoms. The highest BCUT2D eigenvalue weighted by Crippen LogP contribution is 2.36. The van der Waals surface area contributed by atoms with Gasteiger partial charge in [0.05, 0.1) is 18.9 Å². The molecule has 0 radical (unpaired) electrons. The average molecular weight is 328 g/mol. The predicted octanol–water partition coefficient (Wildman–Crippen LogP) is -2.62. The van der Waals surface area contributed by atoms with Crippen LogP contribution in [0.25, 0.3) is 0 Å². The van der Waals surface area contributed by atoms with Crippen molar-refractivity contribution in [1.29, 1.82) is 0 Å². The zero-order valence-electron chi connectivity index (χ0n) is 10.3. The molecule has 0 saturated heterocycles. The minimum atomic E-state index is -5.14. The van der Waals surface area contributed by atoms with Crippen LogP contribution in [0.15, 0.2) is 0 Å². The number of phosphoric ester groups is 1. The maximum atomic E-state index is 11.4. The number of carboxylic acids is 2. The Hall–Kier alpha value is -2.01. The highest BCUT2D eigenvalue weighted by atomic mass is 31.2. The molecule has 0 aromatic heterocycles. The van der Waals surface area contributed by atoms with Crippen molar-refractivity contribution in [3.05, 3.63) is 0 Å². The summed E-state index contributed by atoms with van der Waals surface area (Å²) in [6, 6.07) is -3.43. The molecule has 0 heterocycles. The lowest BCUT2D eigenvalue weighted by atomic mass is 10.1. The van der Waals surface area contributed by atoms with Gasteiger partial charge in [-0.25, -0.2) is 9.36 Å². The van der Waals surface area contributed by atoms with Crippen molar-refractivity contribution in [3.63, 3.8) is 0 Å². The molecular weight excluding hydrogens is 315 g/mol. The maximum absolute atomic E-state index is 11.4. The normalized spacial score (nSPS) is 13.9. The van der Waals surface area contributed by atoms with Gasteiger partial charge in [0.15, 0.2) is 0 Å². The molecule has 7 N–H and O–H groups in total. The first-order chi connectivity index (χ1) is 9.42. The Labute approximate surface area is 117 Å². The van der Waals surface area contributed by atoms with E-state index in [0.29, 0.717) is 0 Å². The summed E-state index contributed by atoms with van der Waals surface area (Å²) >= 11 is 0. The van der Waals surface area contributed by atoms with Gasteiger partial charge in [-0.05, 0) is 0 Å². The van der Waals surface area contributed by atoms with Crippen molar-refractivity contribution >= 4 is 31.6 Å². The molecule has 12 nitrogen and oxygen atoms in total. The van der Waals surface area contributed by atoms with Crippen LogP contribution < -0.4 is 11.1 Å². The average Bonchev–Trinajstić information content (AvgIpc) is 2.23. The van der Waals surface area contributed by atoms with Gasteiger partial charge in [-0.3, -0.25) is 24.2 Å². The molecule has 0 aliphatic rings. The maximum Gasteiger partial charge on any atom is 0.526 e. The minimum Gasteiger partial charge on any atom is -0.481 e. The third-order valence-corrected chi connectivity index (χ3v) is 2.38. The fraction of sp³-hybridized carbons (Fsp3) is 0.500. The van der Waals surface area contributed by atoms with Crippen LogP contribution in [0.5, 0.6) is 0 Å². The lowest BCUT2D eigenvalue weighted by Gasteiger charge is -2.16. The van der Waals surface area contributed by atoms with Crippen LogP contribution in [0.4, 0.5) is 0 Å². The Bertz CT molecular complexity index is 485. The smallest absolute Gasteiger partial charge is 0.481 e. The van der Waals surface area contributed by atoms with E-state index < -0.39 is 56.6 Å². The molecule has 0 saturated carbocycles. The predicted molar refractivity (Wildman–Crippen MR) is 62.5 cm³/mol. The van der Waals surface area contributed by atoms with E-state index in [1.807, 2.05) is 0 Å². The molecule has 0 aliphatic carbocycles. The lowest BCUT2D eigenvalue weighted by Crippen LogP contribution is -2.49. The highest BCUT2D eigenvalue weighted by molar-refractivity contribution is 7.46. The van der Waals surface area contributed by atoms with Crippen LogP contribution in [-0.4, -0.2) is 55.9 Å². The van der Waals surface area contributed by atoms with Crippen molar-refractivity contribution < 1.29 is 48.3 Å². The molecule has 0 unspecified atom stereocenters. The van der Waals surface area contributed by atoms with Crippen molar-refractivity contribution in [2.45, 2.75) is 24.9 Å². The van der Waals surface area contributed by atoms with Crippen LogP contribution in [0.2, 0.25) is 0 Å².